The average molecular weight is 567 g/mol. The molecule has 3 atom stereocenters. The van der Waals surface area contributed by atoms with E-state index in [1.807, 2.05) is 55.5 Å². The van der Waals surface area contributed by atoms with Crippen LogP contribution in [0.2, 0.25) is 0 Å². The number of carbonyl (C=O) groups excluding carboxylic acids is 3. The van der Waals surface area contributed by atoms with E-state index >= 15 is 0 Å². The summed E-state index contributed by atoms with van der Waals surface area (Å²) in [6.07, 6.45) is 4.84. The van der Waals surface area contributed by atoms with Gasteiger partial charge < -0.3 is 10.2 Å². The number of carbonyl (C=O) groups is 3. The molecule has 0 unspecified atom stereocenters. The number of piperidine rings is 1. The molecule has 0 bridgehead atoms. The molecule has 2 aromatic heterocycles. The van der Waals surface area contributed by atoms with Gasteiger partial charge in [-0.25, -0.2) is 14.4 Å². The zero-order valence-corrected chi connectivity index (χ0v) is 23.7. The lowest BCUT2D eigenvalue weighted by atomic mass is 10.0. The summed E-state index contributed by atoms with van der Waals surface area (Å²) >= 11 is 0. The molecule has 1 aliphatic carbocycles. The van der Waals surface area contributed by atoms with E-state index in [4.69, 9.17) is 0 Å². The zero-order valence-electron chi connectivity index (χ0n) is 23.7. The number of aromatic nitrogens is 4. The number of rotatable bonds is 8. The summed E-state index contributed by atoms with van der Waals surface area (Å²) in [7, 11) is 0. The van der Waals surface area contributed by atoms with E-state index < -0.39 is 11.9 Å². The van der Waals surface area contributed by atoms with Gasteiger partial charge in [0.25, 0.3) is 0 Å². The van der Waals surface area contributed by atoms with E-state index in [0.717, 1.165) is 23.1 Å². The Balaban J connectivity index is 1.20. The fourth-order valence-electron chi connectivity index (χ4n) is 5.80. The molecule has 2 amide bonds. The zero-order chi connectivity index (χ0) is 29.5. The van der Waals surface area contributed by atoms with Crippen LogP contribution in [0.5, 0.6) is 0 Å². The van der Waals surface area contributed by atoms with Gasteiger partial charge in [-0.3, -0.25) is 19.1 Å². The summed E-state index contributed by atoms with van der Waals surface area (Å²) in [5.74, 6) is -0.348. The van der Waals surface area contributed by atoms with Crippen LogP contribution < -0.4 is 5.32 Å². The minimum atomic E-state index is -0.673. The molecule has 9 nitrogen and oxygen atoms in total. The number of amides is 2. The van der Waals surface area contributed by atoms with Gasteiger partial charge in [0.2, 0.25) is 11.8 Å². The van der Waals surface area contributed by atoms with Gasteiger partial charge in [-0.2, -0.15) is 5.10 Å². The van der Waals surface area contributed by atoms with Gasteiger partial charge in [0, 0.05) is 36.3 Å². The first-order valence-electron chi connectivity index (χ1n) is 14.0. The third kappa shape index (κ3) is 5.20. The molecule has 1 aliphatic heterocycles. The van der Waals surface area contributed by atoms with Crippen LogP contribution in [0.1, 0.15) is 48.6 Å². The Hall–Kier alpha value is -4.73. The standard InChI is InChI=1S/C32H31FN6O3/c1-18(21-7-5-4-6-8-21)26(33)16-36-32(42)29-13-23-12-28(23)39(29)30(41)17-38-27-10-9-22(24-14-34-20(3)35-15-24)11-25(27)31(37-38)19(2)40/h4-11,14-15,23,28-29H,12-13,16-17H2,1-3H3,(H,36,42)/t23-,28-,29+/m1/s1. The number of benzene rings is 2. The molecule has 1 N–H and O–H groups in total. The average Bonchev–Trinajstić information content (AvgIpc) is 3.50. The van der Waals surface area contributed by atoms with Crippen LogP contribution in [-0.4, -0.2) is 60.9 Å². The Morgan fingerprint density at radius 2 is 1.74 bits per heavy atom. The van der Waals surface area contributed by atoms with Gasteiger partial charge in [0.05, 0.1) is 12.1 Å². The Kier molecular flexibility index (Phi) is 7.14. The van der Waals surface area contributed by atoms with Crippen LogP contribution in [0.3, 0.4) is 0 Å². The van der Waals surface area contributed by atoms with Gasteiger partial charge in [-0.1, -0.05) is 36.4 Å². The first-order valence-corrected chi connectivity index (χ1v) is 14.0. The van der Waals surface area contributed by atoms with Crippen molar-refractivity contribution in [3.63, 3.8) is 0 Å². The van der Waals surface area contributed by atoms with Crippen molar-refractivity contribution in [3.8, 4) is 11.1 Å². The monoisotopic (exact) mass is 566 g/mol. The van der Waals surface area contributed by atoms with Crippen LogP contribution in [0, 0.1) is 12.8 Å². The number of nitrogens with zero attached hydrogens (tertiary/aromatic N) is 5. The molecule has 2 fully saturated rings. The number of hydrogen-bond acceptors (Lipinski definition) is 6. The van der Waals surface area contributed by atoms with E-state index in [2.05, 4.69) is 20.4 Å². The maximum atomic E-state index is 14.9. The second kappa shape index (κ2) is 10.9. The highest BCUT2D eigenvalue weighted by Crippen LogP contribution is 2.48. The van der Waals surface area contributed by atoms with Crippen molar-refractivity contribution in [2.45, 2.75) is 52.2 Å². The Morgan fingerprint density at radius 3 is 2.45 bits per heavy atom. The van der Waals surface area contributed by atoms with Crippen LogP contribution in [0.15, 0.2) is 66.8 Å². The summed E-state index contributed by atoms with van der Waals surface area (Å²) < 4.78 is 16.4. The minimum absolute atomic E-state index is 0.0121. The molecular weight excluding hydrogens is 535 g/mol. The lowest BCUT2D eigenvalue weighted by Crippen LogP contribution is -2.49. The summed E-state index contributed by atoms with van der Waals surface area (Å²) in [6.45, 7) is 4.57. The lowest BCUT2D eigenvalue weighted by Gasteiger charge is -2.27. The number of fused-ring (bicyclic) bond motifs is 2. The molecule has 1 saturated carbocycles. The predicted octanol–water partition coefficient (Wildman–Crippen LogP) is 4.51. The van der Waals surface area contributed by atoms with Crippen molar-refractivity contribution >= 4 is 34.1 Å². The van der Waals surface area contributed by atoms with Crippen molar-refractivity contribution in [2.75, 3.05) is 6.54 Å². The normalized spacial score (nSPS) is 19.8. The molecule has 0 radical (unpaired) electrons. The number of aryl methyl sites for hydroxylation is 1. The number of halogens is 1. The molecule has 3 heterocycles. The first-order chi connectivity index (χ1) is 20.2. The molecule has 1 saturated heterocycles. The quantitative estimate of drug-likeness (QED) is 0.314. The van der Waals surface area contributed by atoms with Crippen molar-refractivity contribution in [2.24, 2.45) is 5.92 Å². The topological polar surface area (TPSA) is 110 Å². The second-order valence-electron chi connectivity index (χ2n) is 11.0. The van der Waals surface area contributed by atoms with Gasteiger partial charge >= 0.3 is 0 Å². The van der Waals surface area contributed by atoms with Crippen molar-refractivity contribution in [1.82, 2.24) is 30.0 Å². The van der Waals surface area contributed by atoms with Crippen LogP contribution in [0.25, 0.3) is 27.6 Å². The fraction of sp³-hybridized carbons (Fsp3) is 0.312. The molecule has 6 rings (SSSR count). The number of allylic oxidation sites excluding steroid dienone is 1. The maximum absolute atomic E-state index is 14.9. The van der Waals surface area contributed by atoms with E-state index in [9.17, 15) is 18.8 Å². The Morgan fingerprint density at radius 1 is 1.00 bits per heavy atom. The van der Waals surface area contributed by atoms with Gasteiger partial charge in [-0.15, -0.1) is 0 Å². The summed E-state index contributed by atoms with van der Waals surface area (Å²) in [5.41, 5.74) is 3.75. The number of ketones is 1. The molecule has 2 aromatic carbocycles. The summed E-state index contributed by atoms with van der Waals surface area (Å²) in [6, 6.07) is 14.0. The number of Topliss-reactive ketones (excluding diaryl/α,β-unsaturated/α-hetero) is 1. The fourth-order valence-corrected chi connectivity index (χ4v) is 5.80. The van der Waals surface area contributed by atoms with Gasteiger partial charge in [-0.05, 0) is 61.4 Å². The van der Waals surface area contributed by atoms with Gasteiger partial charge in [0.1, 0.15) is 29.9 Å². The summed E-state index contributed by atoms with van der Waals surface area (Å²) in [5, 5.41) is 7.82. The van der Waals surface area contributed by atoms with E-state index in [0.29, 0.717) is 28.7 Å². The molecule has 214 valence electrons. The molecule has 2 aliphatic rings. The SMILES string of the molecule is CC(=O)c1nn(CC(=O)N2[C@@H]3C[C@@H]3C[C@H]2C(=O)NCC(F)=C(C)c2ccccc2)c2ccc(-c3cnc(C)nc3)cc12. The largest absolute Gasteiger partial charge is 0.348 e. The van der Waals surface area contributed by atoms with Gasteiger partial charge in [0.15, 0.2) is 5.78 Å². The predicted molar refractivity (Wildman–Crippen MR) is 156 cm³/mol. The number of likely N-dealkylation sites (tertiary alicyclic amines) is 1. The Bertz CT molecular complexity index is 1730. The maximum Gasteiger partial charge on any atom is 0.245 e. The highest BCUT2D eigenvalue weighted by atomic mass is 19.1. The van der Waals surface area contributed by atoms with Crippen LogP contribution in [-0.2, 0) is 16.1 Å². The number of hydrogen-bond donors (Lipinski definition) is 1. The van der Waals surface area contributed by atoms with E-state index in [1.165, 1.54) is 11.6 Å². The molecule has 4 aromatic rings. The smallest absolute Gasteiger partial charge is 0.245 e. The Labute approximate surface area is 242 Å². The molecular formula is C32H31FN6O3. The van der Waals surface area contributed by atoms with Crippen LogP contribution in [0.4, 0.5) is 4.39 Å². The summed E-state index contributed by atoms with van der Waals surface area (Å²) in [4.78, 5) is 49.4. The minimum Gasteiger partial charge on any atom is -0.348 e. The van der Waals surface area contributed by atoms with Crippen molar-refractivity contribution < 1.29 is 18.8 Å². The molecule has 0 spiro atoms. The number of nitrogens with one attached hydrogen (secondary N) is 1. The lowest BCUT2D eigenvalue weighted by molar-refractivity contribution is -0.140. The van der Waals surface area contributed by atoms with Crippen molar-refractivity contribution in [1.29, 1.82) is 0 Å². The first kappa shape index (κ1) is 27.4. The van der Waals surface area contributed by atoms with Crippen molar-refractivity contribution in [3.05, 3.63) is 83.8 Å². The molecule has 10 heteroatoms. The third-order valence-corrected chi connectivity index (χ3v) is 8.21. The van der Waals surface area contributed by atoms with E-state index in [1.54, 1.807) is 24.2 Å². The highest BCUT2D eigenvalue weighted by Gasteiger charge is 2.56. The van der Waals surface area contributed by atoms with E-state index in [-0.39, 0.29) is 48.3 Å². The molecule has 42 heavy (non-hydrogen) atoms. The highest BCUT2D eigenvalue weighted by molar-refractivity contribution is 6.06. The van der Waals surface area contributed by atoms with Crippen LogP contribution >= 0.6 is 0 Å². The second-order valence-corrected chi connectivity index (χ2v) is 11.0. The third-order valence-electron chi connectivity index (χ3n) is 8.21.